The Kier molecular flexibility index (Phi) is 5.28. The zero-order chi connectivity index (χ0) is 16.1. The first kappa shape index (κ1) is 16.0. The fourth-order valence-corrected chi connectivity index (χ4v) is 3.76. The van der Waals surface area contributed by atoms with E-state index in [2.05, 4.69) is 51.8 Å². The van der Waals surface area contributed by atoms with Crippen LogP contribution in [-0.4, -0.2) is 31.1 Å². The standard InChI is InChI=1S/C18H24N4S/c1-3-15-12-21-17(23-15)8-9-20-18(19-2)22-11-14-10-13-6-4-5-7-16(13)14/h4-7,12,14H,3,8-11H2,1-2H3,(H2,19,20,22). The van der Waals surface area contributed by atoms with Crippen LogP contribution in [0.4, 0.5) is 0 Å². The van der Waals surface area contributed by atoms with Crippen LogP contribution in [0.1, 0.15) is 33.9 Å². The van der Waals surface area contributed by atoms with Gasteiger partial charge in [0.15, 0.2) is 5.96 Å². The van der Waals surface area contributed by atoms with Gasteiger partial charge in [0.25, 0.3) is 0 Å². The molecule has 0 fully saturated rings. The number of guanidine groups is 1. The molecule has 122 valence electrons. The summed E-state index contributed by atoms with van der Waals surface area (Å²) in [6, 6.07) is 8.69. The number of nitrogens with zero attached hydrogens (tertiary/aromatic N) is 2. The third-order valence-corrected chi connectivity index (χ3v) is 5.48. The number of hydrogen-bond donors (Lipinski definition) is 2. The number of nitrogens with one attached hydrogen (secondary N) is 2. The van der Waals surface area contributed by atoms with Gasteiger partial charge in [0.2, 0.25) is 0 Å². The highest BCUT2D eigenvalue weighted by Crippen LogP contribution is 2.33. The van der Waals surface area contributed by atoms with Gasteiger partial charge in [0.1, 0.15) is 0 Å². The van der Waals surface area contributed by atoms with Gasteiger partial charge in [0, 0.05) is 43.5 Å². The van der Waals surface area contributed by atoms with Crippen LogP contribution in [0.15, 0.2) is 35.5 Å². The van der Waals surface area contributed by atoms with E-state index < -0.39 is 0 Å². The molecule has 1 aliphatic carbocycles. The minimum Gasteiger partial charge on any atom is -0.356 e. The van der Waals surface area contributed by atoms with Crippen molar-refractivity contribution in [2.24, 2.45) is 4.99 Å². The highest BCUT2D eigenvalue weighted by molar-refractivity contribution is 7.11. The quantitative estimate of drug-likeness (QED) is 0.633. The summed E-state index contributed by atoms with van der Waals surface area (Å²) < 4.78 is 0. The molecule has 0 saturated heterocycles. The number of benzene rings is 1. The Morgan fingerprint density at radius 1 is 1.35 bits per heavy atom. The van der Waals surface area contributed by atoms with Crippen LogP contribution in [0.25, 0.3) is 0 Å². The average molecular weight is 328 g/mol. The van der Waals surface area contributed by atoms with Gasteiger partial charge in [-0.1, -0.05) is 31.2 Å². The monoisotopic (exact) mass is 328 g/mol. The Bertz CT molecular complexity index is 677. The van der Waals surface area contributed by atoms with Crippen molar-refractivity contribution in [2.45, 2.75) is 32.1 Å². The van der Waals surface area contributed by atoms with Gasteiger partial charge >= 0.3 is 0 Å². The summed E-state index contributed by atoms with van der Waals surface area (Å²) in [4.78, 5) is 10.1. The minimum atomic E-state index is 0.607. The molecule has 1 unspecified atom stereocenters. The topological polar surface area (TPSA) is 49.3 Å². The van der Waals surface area contributed by atoms with Crippen molar-refractivity contribution in [1.82, 2.24) is 15.6 Å². The van der Waals surface area contributed by atoms with Crippen LogP contribution >= 0.6 is 11.3 Å². The van der Waals surface area contributed by atoms with Crippen molar-refractivity contribution < 1.29 is 0 Å². The maximum atomic E-state index is 4.45. The molecule has 0 spiro atoms. The second-order valence-electron chi connectivity index (χ2n) is 5.80. The number of aromatic nitrogens is 1. The molecule has 5 heteroatoms. The van der Waals surface area contributed by atoms with E-state index in [0.717, 1.165) is 31.9 Å². The smallest absolute Gasteiger partial charge is 0.191 e. The lowest BCUT2D eigenvalue weighted by Gasteiger charge is -2.30. The van der Waals surface area contributed by atoms with Crippen LogP contribution in [0.2, 0.25) is 0 Å². The molecule has 0 bridgehead atoms. The average Bonchev–Trinajstić information content (AvgIpc) is 3.02. The third kappa shape index (κ3) is 3.91. The number of aliphatic imine (C=N–C) groups is 1. The molecule has 1 aromatic carbocycles. The zero-order valence-corrected chi connectivity index (χ0v) is 14.6. The normalized spacial score (nSPS) is 16.6. The number of thiazole rings is 1. The molecular formula is C18H24N4S. The van der Waals surface area contributed by atoms with Crippen molar-refractivity contribution in [1.29, 1.82) is 0 Å². The van der Waals surface area contributed by atoms with Crippen molar-refractivity contribution in [2.75, 3.05) is 20.1 Å². The Morgan fingerprint density at radius 3 is 2.96 bits per heavy atom. The van der Waals surface area contributed by atoms with Crippen LogP contribution in [-0.2, 0) is 19.3 Å². The van der Waals surface area contributed by atoms with Gasteiger partial charge < -0.3 is 10.6 Å². The highest BCUT2D eigenvalue weighted by Gasteiger charge is 2.25. The molecule has 2 N–H and O–H groups in total. The molecule has 0 amide bonds. The maximum Gasteiger partial charge on any atom is 0.191 e. The van der Waals surface area contributed by atoms with Crippen LogP contribution in [0.3, 0.4) is 0 Å². The summed E-state index contributed by atoms with van der Waals surface area (Å²) in [5.74, 6) is 1.48. The van der Waals surface area contributed by atoms with Crippen molar-refractivity contribution in [3.63, 3.8) is 0 Å². The summed E-state index contributed by atoms with van der Waals surface area (Å²) >= 11 is 1.80. The number of aryl methyl sites for hydroxylation is 1. The summed E-state index contributed by atoms with van der Waals surface area (Å²) in [6.07, 6.45) is 5.16. The molecule has 0 saturated carbocycles. The van der Waals surface area contributed by atoms with E-state index in [-0.39, 0.29) is 0 Å². The van der Waals surface area contributed by atoms with Crippen LogP contribution in [0.5, 0.6) is 0 Å². The van der Waals surface area contributed by atoms with Gasteiger partial charge in [-0.2, -0.15) is 0 Å². The number of fused-ring (bicyclic) bond motifs is 1. The van der Waals surface area contributed by atoms with Crippen LogP contribution in [0, 0.1) is 0 Å². The van der Waals surface area contributed by atoms with Crippen molar-refractivity contribution >= 4 is 17.3 Å². The lowest BCUT2D eigenvalue weighted by molar-refractivity contribution is 0.584. The molecule has 1 heterocycles. The van der Waals surface area contributed by atoms with Gasteiger partial charge in [-0.25, -0.2) is 4.98 Å². The Hall–Kier alpha value is -1.88. The predicted molar refractivity (Wildman–Crippen MR) is 97.4 cm³/mol. The second-order valence-corrected chi connectivity index (χ2v) is 7.00. The molecule has 1 atom stereocenters. The largest absolute Gasteiger partial charge is 0.356 e. The lowest BCUT2D eigenvalue weighted by Crippen LogP contribution is -2.41. The van der Waals surface area contributed by atoms with E-state index in [1.165, 1.54) is 27.4 Å². The molecule has 1 aromatic heterocycles. The first-order valence-corrected chi connectivity index (χ1v) is 9.07. The minimum absolute atomic E-state index is 0.607. The van der Waals surface area contributed by atoms with E-state index in [1.807, 2.05) is 13.2 Å². The highest BCUT2D eigenvalue weighted by atomic mass is 32.1. The molecule has 0 radical (unpaired) electrons. The van der Waals surface area contributed by atoms with E-state index in [1.54, 1.807) is 11.3 Å². The Morgan fingerprint density at radius 2 is 2.22 bits per heavy atom. The summed E-state index contributed by atoms with van der Waals surface area (Å²) in [5.41, 5.74) is 2.96. The molecule has 3 rings (SSSR count). The molecule has 23 heavy (non-hydrogen) atoms. The summed E-state index contributed by atoms with van der Waals surface area (Å²) in [7, 11) is 1.82. The Labute approximate surface area is 142 Å². The predicted octanol–water partition coefficient (Wildman–Crippen LogP) is 2.75. The third-order valence-electron chi connectivity index (χ3n) is 4.28. The SMILES string of the molecule is CCc1cnc(CCNC(=NC)NCC2Cc3ccccc32)s1. The molecular weight excluding hydrogens is 304 g/mol. The second kappa shape index (κ2) is 7.59. The zero-order valence-electron chi connectivity index (χ0n) is 13.8. The van der Waals surface area contributed by atoms with Gasteiger partial charge in [-0.3, -0.25) is 4.99 Å². The lowest BCUT2D eigenvalue weighted by atomic mass is 9.78. The molecule has 4 nitrogen and oxygen atoms in total. The van der Waals surface area contributed by atoms with Crippen LogP contribution < -0.4 is 10.6 Å². The Balaban J connectivity index is 1.41. The van der Waals surface area contributed by atoms with Crippen molar-refractivity contribution in [3.05, 3.63) is 51.5 Å². The van der Waals surface area contributed by atoms with E-state index >= 15 is 0 Å². The fourth-order valence-electron chi connectivity index (χ4n) is 2.90. The first-order valence-electron chi connectivity index (χ1n) is 8.26. The maximum absolute atomic E-state index is 4.45. The molecule has 0 aliphatic heterocycles. The van der Waals surface area contributed by atoms with E-state index in [9.17, 15) is 0 Å². The van der Waals surface area contributed by atoms with E-state index in [4.69, 9.17) is 0 Å². The van der Waals surface area contributed by atoms with E-state index in [0.29, 0.717) is 5.92 Å². The first-order chi connectivity index (χ1) is 11.3. The summed E-state index contributed by atoms with van der Waals surface area (Å²) in [6.45, 7) is 3.96. The number of rotatable bonds is 6. The van der Waals surface area contributed by atoms with Crippen molar-refractivity contribution in [3.8, 4) is 0 Å². The number of hydrogen-bond acceptors (Lipinski definition) is 3. The van der Waals surface area contributed by atoms with Gasteiger partial charge in [-0.05, 0) is 24.0 Å². The van der Waals surface area contributed by atoms with Gasteiger partial charge in [0.05, 0.1) is 5.01 Å². The summed E-state index contributed by atoms with van der Waals surface area (Å²) in [5, 5.41) is 8.01. The molecule has 1 aliphatic rings. The molecule has 2 aromatic rings. The fraction of sp³-hybridized carbons (Fsp3) is 0.444. The van der Waals surface area contributed by atoms with Gasteiger partial charge in [-0.15, -0.1) is 11.3 Å².